The molecule has 0 saturated heterocycles. The third-order valence-corrected chi connectivity index (χ3v) is 2.75. The lowest BCUT2D eigenvalue weighted by Crippen LogP contribution is -2.18. The molecule has 0 aliphatic carbocycles. The van der Waals surface area contributed by atoms with Crippen molar-refractivity contribution in [2.45, 2.75) is 13.1 Å². The van der Waals surface area contributed by atoms with E-state index in [1.165, 1.54) is 25.1 Å². The number of fused-ring (bicyclic) bond motifs is 1. The topological polar surface area (TPSA) is 89.7 Å². The molecule has 24 heavy (non-hydrogen) atoms. The zero-order valence-corrected chi connectivity index (χ0v) is 12.5. The number of aliphatic hydroxyl groups excluding tert-OH is 1. The van der Waals surface area contributed by atoms with E-state index in [4.69, 9.17) is 14.6 Å². The molecule has 0 fully saturated rings. The lowest BCUT2D eigenvalue weighted by atomic mass is 10.2. The van der Waals surface area contributed by atoms with Gasteiger partial charge in [-0.1, -0.05) is 0 Å². The summed E-state index contributed by atoms with van der Waals surface area (Å²) in [6, 6.07) is 4.29. The molecule has 1 aliphatic rings. The van der Waals surface area contributed by atoms with Crippen molar-refractivity contribution < 1.29 is 37.3 Å². The van der Waals surface area contributed by atoms with Crippen LogP contribution in [0.2, 0.25) is 0 Å². The summed E-state index contributed by atoms with van der Waals surface area (Å²) in [7, 11) is 0. The largest absolute Gasteiger partial charge is 0.502 e. The number of halogens is 3. The fourth-order valence-electron chi connectivity index (χ4n) is 1.72. The number of carbonyl (C=O) groups excluding carboxylic acids is 1. The highest BCUT2D eigenvalue weighted by Gasteiger charge is 2.39. The molecule has 7 nitrogen and oxygen atoms in total. The van der Waals surface area contributed by atoms with E-state index in [0.29, 0.717) is 24.7 Å². The lowest BCUT2D eigenvalue weighted by Gasteiger charge is -2.17. The number of rotatable bonds is 4. The molecule has 1 heterocycles. The van der Waals surface area contributed by atoms with Crippen LogP contribution in [0.15, 0.2) is 39.9 Å². The smallest absolute Gasteiger partial charge is 0.451 e. The van der Waals surface area contributed by atoms with Gasteiger partial charge in [0.15, 0.2) is 11.5 Å². The van der Waals surface area contributed by atoms with E-state index in [2.05, 4.69) is 15.0 Å². The Bertz CT molecular complexity index is 685. The van der Waals surface area contributed by atoms with Crippen LogP contribution < -0.4 is 9.47 Å². The molecule has 1 aromatic rings. The van der Waals surface area contributed by atoms with Gasteiger partial charge in [-0.3, -0.25) is 0 Å². The molecule has 130 valence electrons. The van der Waals surface area contributed by atoms with Crippen LogP contribution in [0.4, 0.5) is 18.9 Å². The van der Waals surface area contributed by atoms with Gasteiger partial charge in [0, 0.05) is 6.07 Å². The van der Waals surface area contributed by atoms with Crippen molar-refractivity contribution in [1.82, 2.24) is 0 Å². The van der Waals surface area contributed by atoms with E-state index in [-0.39, 0.29) is 12.3 Å². The molecule has 0 atom stereocenters. The first-order valence-corrected chi connectivity index (χ1v) is 6.82. The number of hydrogen-bond donors (Lipinski definition) is 1. The Hall–Kier alpha value is -2.78. The van der Waals surface area contributed by atoms with Gasteiger partial charge >= 0.3 is 12.1 Å². The molecule has 0 aromatic heterocycles. The highest BCUT2D eigenvalue weighted by molar-refractivity contribution is 5.88. The maximum Gasteiger partial charge on any atom is 0.451 e. The summed E-state index contributed by atoms with van der Waals surface area (Å²) in [5.74, 6) is -2.81. The van der Waals surface area contributed by atoms with Gasteiger partial charge in [-0.25, -0.2) is 4.79 Å². The number of ether oxygens (including phenoxy) is 3. The monoisotopic (exact) mass is 346 g/mol. The summed E-state index contributed by atoms with van der Waals surface area (Å²) >= 11 is 0. The van der Waals surface area contributed by atoms with Crippen LogP contribution in [-0.2, 0) is 9.53 Å². The lowest BCUT2D eigenvalue weighted by molar-refractivity contribution is -0.143. The molecular formula is C14H13F3N2O5. The predicted octanol–water partition coefficient (Wildman–Crippen LogP) is 3.44. The SMILES string of the molecule is CCOC(=O)/C(N=Nc1ccc2c(c1)OCCO2)=C(\O)C(F)(F)F. The molecule has 1 aliphatic heterocycles. The van der Waals surface area contributed by atoms with Crippen molar-refractivity contribution in [3.8, 4) is 11.5 Å². The Morgan fingerprint density at radius 1 is 1.29 bits per heavy atom. The number of benzene rings is 1. The van der Waals surface area contributed by atoms with Gasteiger partial charge in [0.1, 0.15) is 13.2 Å². The van der Waals surface area contributed by atoms with E-state index in [1.807, 2.05) is 0 Å². The number of hydrogen-bond acceptors (Lipinski definition) is 7. The Labute approximate surface area is 134 Å². The molecule has 0 unspecified atom stereocenters. The number of allylic oxidation sites excluding steroid dienone is 1. The minimum absolute atomic E-state index is 0.107. The molecule has 0 bridgehead atoms. The van der Waals surface area contributed by atoms with Crippen molar-refractivity contribution in [2.75, 3.05) is 19.8 Å². The number of carbonyl (C=O) groups is 1. The van der Waals surface area contributed by atoms with Crippen molar-refractivity contribution in [2.24, 2.45) is 10.2 Å². The van der Waals surface area contributed by atoms with Gasteiger partial charge in [-0.2, -0.15) is 18.3 Å². The van der Waals surface area contributed by atoms with Crippen molar-refractivity contribution in [1.29, 1.82) is 0 Å². The molecule has 1 N–H and O–H groups in total. The fourth-order valence-corrected chi connectivity index (χ4v) is 1.72. The number of alkyl halides is 3. The molecule has 2 rings (SSSR count). The molecule has 1 aromatic carbocycles. The van der Waals surface area contributed by atoms with Crippen LogP contribution in [0.3, 0.4) is 0 Å². The Kier molecular flexibility index (Phi) is 5.27. The zero-order chi connectivity index (χ0) is 17.7. The first-order chi connectivity index (χ1) is 11.3. The van der Waals surface area contributed by atoms with Gasteiger partial charge in [-0.05, 0) is 19.1 Å². The summed E-state index contributed by atoms with van der Waals surface area (Å²) in [4.78, 5) is 11.5. The number of azo groups is 1. The second-order valence-corrected chi connectivity index (χ2v) is 4.44. The van der Waals surface area contributed by atoms with Crippen LogP contribution in [0.1, 0.15) is 6.92 Å². The van der Waals surface area contributed by atoms with E-state index < -0.39 is 23.6 Å². The minimum atomic E-state index is -5.16. The van der Waals surface area contributed by atoms with Crippen molar-refractivity contribution >= 4 is 11.7 Å². The Morgan fingerprint density at radius 2 is 1.96 bits per heavy atom. The van der Waals surface area contributed by atoms with E-state index >= 15 is 0 Å². The molecule has 0 radical (unpaired) electrons. The maximum atomic E-state index is 12.6. The summed E-state index contributed by atoms with van der Waals surface area (Å²) < 4.78 is 52.8. The summed E-state index contributed by atoms with van der Waals surface area (Å²) in [6.07, 6.45) is -5.16. The van der Waals surface area contributed by atoms with Crippen LogP contribution in [0.25, 0.3) is 0 Å². The molecule has 0 spiro atoms. The van der Waals surface area contributed by atoms with E-state index in [0.717, 1.165) is 0 Å². The van der Waals surface area contributed by atoms with Crippen LogP contribution in [0, 0.1) is 0 Å². The van der Waals surface area contributed by atoms with Crippen molar-refractivity contribution in [3.05, 3.63) is 29.7 Å². The Balaban J connectivity index is 2.32. The summed E-state index contributed by atoms with van der Waals surface area (Å²) in [5.41, 5.74) is -1.23. The number of nitrogens with zero attached hydrogens (tertiary/aromatic N) is 2. The van der Waals surface area contributed by atoms with Crippen LogP contribution >= 0.6 is 0 Å². The van der Waals surface area contributed by atoms with Gasteiger partial charge in [0.2, 0.25) is 11.5 Å². The van der Waals surface area contributed by atoms with Gasteiger partial charge in [-0.15, -0.1) is 5.11 Å². The quantitative estimate of drug-likeness (QED) is 0.390. The van der Waals surface area contributed by atoms with E-state index in [1.54, 1.807) is 0 Å². The molecular weight excluding hydrogens is 333 g/mol. The molecule has 10 heteroatoms. The molecule has 0 amide bonds. The van der Waals surface area contributed by atoms with Crippen LogP contribution in [-0.4, -0.2) is 37.1 Å². The molecule has 0 saturated carbocycles. The summed E-state index contributed by atoms with van der Waals surface area (Å²) in [5, 5.41) is 15.9. The van der Waals surface area contributed by atoms with Gasteiger partial charge in [0.25, 0.3) is 0 Å². The third kappa shape index (κ3) is 4.15. The standard InChI is InChI=1S/C14H13F3N2O5/c1-2-22-13(21)11(12(20)14(15,16)17)19-18-8-3-4-9-10(7-8)24-6-5-23-9/h3-4,7,20H,2,5-6H2,1H3/b12-11+,19-18?. The Morgan fingerprint density at radius 3 is 2.58 bits per heavy atom. The second-order valence-electron chi connectivity index (χ2n) is 4.44. The third-order valence-electron chi connectivity index (χ3n) is 2.75. The maximum absolute atomic E-state index is 12.6. The van der Waals surface area contributed by atoms with E-state index in [9.17, 15) is 18.0 Å². The summed E-state index contributed by atoms with van der Waals surface area (Å²) in [6.45, 7) is 1.91. The number of aliphatic hydroxyl groups is 1. The minimum Gasteiger partial charge on any atom is -0.502 e. The highest BCUT2D eigenvalue weighted by Crippen LogP contribution is 2.34. The van der Waals surface area contributed by atoms with Crippen LogP contribution in [0.5, 0.6) is 11.5 Å². The predicted molar refractivity (Wildman–Crippen MR) is 74.3 cm³/mol. The zero-order valence-electron chi connectivity index (χ0n) is 12.5. The van der Waals surface area contributed by atoms with Crippen molar-refractivity contribution in [3.63, 3.8) is 0 Å². The average molecular weight is 346 g/mol. The highest BCUT2D eigenvalue weighted by atomic mass is 19.4. The first kappa shape index (κ1) is 17.6. The second kappa shape index (κ2) is 7.20. The fraction of sp³-hybridized carbons (Fsp3) is 0.357. The number of esters is 1. The average Bonchev–Trinajstić information content (AvgIpc) is 2.54. The van der Waals surface area contributed by atoms with Gasteiger partial charge < -0.3 is 19.3 Å². The first-order valence-electron chi connectivity index (χ1n) is 6.82. The normalized spacial score (nSPS) is 15.2. The van der Waals surface area contributed by atoms with Gasteiger partial charge in [0.05, 0.1) is 12.3 Å².